The first kappa shape index (κ1) is 12.2. The van der Waals surface area contributed by atoms with Gasteiger partial charge in [0.25, 0.3) is 0 Å². The molecule has 1 atom stereocenters. The van der Waals surface area contributed by atoms with Crippen molar-refractivity contribution in [1.29, 1.82) is 0 Å². The molecular formula is C11H8BrFO4. The zero-order valence-electron chi connectivity index (χ0n) is 8.83. The highest BCUT2D eigenvalue weighted by atomic mass is 79.9. The van der Waals surface area contributed by atoms with Gasteiger partial charge in [-0.15, -0.1) is 0 Å². The van der Waals surface area contributed by atoms with E-state index in [0.29, 0.717) is 4.47 Å². The molecule has 1 unspecified atom stereocenters. The van der Waals surface area contributed by atoms with Crippen LogP contribution in [0, 0.1) is 5.82 Å². The van der Waals surface area contributed by atoms with E-state index in [0.717, 1.165) is 7.11 Å². The zero-order valence-corrected chi connectivity index (χ0v) is 10.4. The molecule has 2 rings (SSSR count). The number of esters is 1. The Kier molecular flexibility index (Phi) is 3.26. The van der Waals surface area contributed by atoms with E-state index in [1.54, 1.807) is 0 Å². The number of rotatable bonds is 1. The smallest absolute Gasteiger partial charge is 0.343 e. The van der Waals surface area contributed by atoms with Crippen molar-refractivity contribution in [2.75, 3.05) is 7.11 Å². The Bertz CT molecular complexity index is 500. The summed E-state index contributed by atoms with van der Waals surface area (Å²) in [6.45, 7) is -0.125. The zero-order chi connectivity index (χ0) is 12.6. The van der Waals surface area contributed by atoms with Gasteiger partial charge < -0.3 is 9.47 Å². The van der Waals surface area contributed by atoms with E-state index in [-0.39, 0.29) is 17.7 Å². The molecule has 0 aliphatic carbocycles. The lowest BCUT2D eigenvalue weighted by Gasteiger charge is -2.22. The van der Waals surface area contributed by atoms with E-state index in [2.05, 4.69) is 20.7 Å². The van der Waals surface area contributed by atoms with Crippen molar-refractivity contribution in [3.05, 3.63) is 33.5 Å². The second kappa shape index (κ2) is 4.54. The number of ketones is 1. The summed E-state index contributed by atoms with van der Waals surface area (Å²) in [6, 6.07) is 2.72. The predicted molar refractivity (Wildman–Crippen MR) is 59.0 cm³/mol. The first-order valence-electron chi connectivity index (χ1n) is 4.76. The standard InChI is InChI=1S/C11H8BrFO4/c1-16-11(15)10-9(14)6-2-5(12)3-8(13)7(6)4-17-10/h2-3,10H,4H2,1H3. The van der Waals surface area contributed by atoms with Crippen molar-refractivity contribution in [2.45, 2.75) is 12.7 Å². The molecule has 0 aromatic heterocycles. The molecule has 0 saturated heterocycles. The Morgan fingerprint density at radius 2 is 2.29 bits per heavy atom. The average molecular weight is 303 g/mol. The first-order valence-corrected chi connectivity index (χ1v) is 5.55. The van der Waals surface area contributed by atoms with E-state index in [1.165, 1.54) is 12.1 Å². The van der Waals surface area contributed by atoms with Gasteiger partial charge in [0, 0.05) is 15.6 Å². The molecule has 0 fully saturated rings. The molecule has 0 N–H and O–H groups in total. The summed E-state index contributed by atoms with van der Waals surface area (Å²) in [5, 5.41) is 0. The minimum absolute atomic E-state index is 0.125. The Hall–Kier alpha value is -1.27. The Morgan fingerprint density at radius 3 is 2.94 bits per heavy atom. The van der Waals surface area contributed by atoms with Crippen LogP contribution >= 0.6 is 15.9 Å². The monoisotopic (exact) mass is 302 g/mol. The number of fused-ring (bicyclic) bond motifs is 1. The quantitative estimate of drug-likeness (QED) is 0.587. The van der Waals surface area contributed by atoms with Crippen molar-refractivity contribution in [3.63, 3.8) is 0 Å². The molecule has 0 radical (unpaired) electrons. The van der Waals surface area contributed by atoms with Crippen molar-refractivity contribution in [3.8, 4) is 0 Å². The fraction of sp³-hybridized carbons (Fsp3) is 0.273. The number of carbonyl (C=O) groups excluding carboxylic acids is 2. The highest BCUT2D eigenvalue weighted by Gasteiger charge is 2.36. The molecule has 17 heavy (non-hydrogen) atoms. The van der Waals surface area contributed by atoms with Crippen LogP contribution in [0.3, 0.4) is 0 Å². The van der Waals surface area contributed by atoms with Crippen LogP contribution < -0.4 is 0 Å². The molecule has 1 aromatic carbocycles. The molecular weight excluding hydrogens is 295 g/mol. The number of benzene rings is 1. The summed E-state index contributed by atoms with van der Waals surface area (Å²) in [5.74, 6) is -1.90. The number of Topliss-reactive ketones (excluding diaryl/α,β-unsaturated/α-hetero) is 1. The molecule has 0 saturated carbocycles. The maximum absolute atomic E-state index is 13.5. The second-order valence-corrected chi connectivity index (χ2v) is 4.41. The van der Waals surface area contributed by atoms with Crippen molar-refractivity contribution < 1.29 is 23.5 Å². The Morgan fingerprint density at radius 1 is 1.59 bits per heavy atom. The van der Waals surface area contributed by atoms with Gasteiger partial charge in [-0.05, 0) is 12.1 Å². The van der Waals surface area contributed by atoms with E-state index in [4.69, 9.17) is 4.74 Å². The number of ether oxygens (including phenoxy) is 2. The van der Waals surface area contributed by atoms with Crippen LogP contribution in [0.5, 0.6) is 0 Å². The second-order valence-electron chi connectivity index (χ2n) is 3.49. The van der Waals surface area contributed by atoms with Gasteiger partial charge in [-0.2, -0.15) is 0 Å². The lowest BCUT2D eigenvalue weighted by Crippen LogP contribution is -2.38. The number of hydrogen-bond donors (Lipinski definition) is 0. The fourth-order valence-corrected chi connectivity index (χ4v) is 2.07. The van der Waals surface area contributed by atoms with E-state index < -0.39 is 23.7 Å². The van der Waals surface area contributed by atoms with Gasteiger partial charge in [-0.25, -0.2) is 9.18 Å². The molecule has 1 aliphatic heterocycles. The van der Waals surface area contributed by atoms with Crippen LogP contribution in [0.2, 0.25) is 0 Å². The Balaban J connectivity index is 2.45. The van der Waals surface area contributed by atoms with Crippen molar-refractivity contribution in [1.82, 2.24) is 0 Å². The van der Waals surface area contributed by atoms with Crippen LogP contribution in [0.15, 0.2) is 16.6 Å². The van der Waals surface area contributed by atoms with Crippen LogP contribution in [0.4, 0.5) is 4.39 Å². The Labute approximate surface area is 105 Å². The van der Waals surface area contributed by atoms with Gasteiger partial charge in [-0.3, -0.25) is 4.79 Å². The summed E-state index contributed by atoms with van der Waals surface area (Å²) in [4.78, 5) is 23.2. The topological polar surface area (TPSA) is 52.6 Å². The van der Waals surface area contributed by atoms with Crippen LogP contribution in [-0.4, -0.2) is 25.0 Å². The van der Waals surface area contributed by atoms with E-state index in [1.807, 2.05) is 0 Å². The summed E-state index contributed by atoms with van der Waals surface area (Å²) in [7, 11) is 1.16. The van der Waals surface area contributed by atoms with Gasteiger partial charge in [0.1, 0.15) is 5.82 Å². The molecule has 1 aliphatic rings. The lowest BCUT2D eigenvalue weighted by atomic mass is 9.97. The third kappa shape index (κ3) is 2.10. The number of hydrogen-bond acceptors (Lipinski definition) is 4. The van der Waals surface area contributed by atoms with Crippen molar-refractivity contribution in [2.24, 2.45) is 0 Å². The number of carbonyl (C=O) groups is 2. The summed E-state index contributed by atoms with van der Waals surface area (Å²) >= 11 is 3.09. The summed E-state index contributed by atoms with van der Waals surface area (Å²) in [6.07, 6.45) is -1.30. The minimum atomic E-state index is -1.30. The van der Waals surface area contributed by atoms with Crippen LogP contribution in [-0.2, 0) is 20.9 Å². The van der Waals surface area contributed by atoms with Crippen LogP contribution in [0.1, 0.15) is 15.9 Å². The lowest BCUT2D eigenvalue weighted by molar-refractivity contribution is -0.151. The van der Waals surface area contributed by atoms with Gasteiger partial charge in [0.05, 0.1) is 13.7 Å². The highest BCUT2D eigenvalue weighted by Crippen LogP contribution is 2.27. The highest BCUT2D eigenvalue weighted by molar-refractivity contribution is 9.10. The number of halogens is 2. The molecule has 1 heterocycles. The fourth-order valence-electron chi connectivity index (χ4n) is 1.64. The molecule has 1 aromatic rings. The average Bonchev–Trinajstić information content (AvgIpc) is 2.29. The summed E-state index contributed by atoms with van der Waals surface area (Å²) in [5.41, 5.74) is 0.317. The molecule has 0 spiro atoms. The van der Waals surface area contributed by atoms with Gasteiger partial charge in [0.15, 0.2) is 0 Å². The normalized spacial score (nSPS) is 18.8. The number of methoxy groups -OCH3 is 1. The minimum Gasteiger partial charge on any atom is -0.467 e. The van der Waals surface area contributed by atoms with Gasteiger partial charge in [-0.1, -0.05) is 15.9 Å². The van der Waals surface area contributed by atoms with Crippen LogP contribution in [0.25, 0.3) is 0 Å². The molecule has 4 nitrogen and oxygen atoms in total. The molecule has 90 valence electrons. The summed E-state index contributed by atoms with van der Waals surface area (Å²) < 4.78 is 23.4. The van der Waals surface area contributed by atoms with Gasteiger partial charge >= 0.3 is 5.97 Å². The maximum atomic E-state index is 13.5. The predicted octanol–water partition coefficient (Wildman–Crippen LogP) is 1.84. The SMILES string of the molecule is COC(=O)C1OCc2c(F)cc(Br)cc2C1=O. The molecule has 6 heteroatoms. The molecule has 0 bridgehead atoms. The van der Waals surface area contributed by atoms with Crippen molar-refractivity contribution >= 4 is 27.7 Å². The third-order valence-corrected chi connectivity index (χ3v) is 2.93. The van der Waals surface area contributed by atoms with E-state index in [9.17, 15) is 14.0 Å². The molecule has 0 amide bonds. The largest absolute Gasteiger partial charge is 0.467 e. The first-order chi connectivity index (χ1) is 8.04. The third-order valence-electron chi connectivity index (χ3n) is 2.47. The maximum Gasteiger partial charge on any atom is 0.343 e. The van der Waals surface area contributed by atoms with Gasteiger partial charge in [0.2, 0.25) is 11.9 Å². The van der Waals surface area contributed by atoms with E-state index >= 15 is 0 Å².